The molecule has 1 aromatic carbocycles. The Morgan fingerprint density at radius 1 is 1.27 bits per heavy atom. The molecule has 0 aliphatic heterocycles. The van der Waals surface area contributed by atoms with Crippen LogP contribution in [0.25, 0.3) is 0 Å². The summed E-state index contributed by atoms with van der Waals surface area (Å²) in [5.41, 5.74) is 0.349. The number of hydrogen-bond donors (Lipinski definition) is 2. The van der Waals surface area contributed by atoms with Crippen molar-refractivity contribution >= 4 is 26.7 Å². The van der Waals surface area contributed by atoms with Crippen LogP contribution in [0.4, 0.5) is 0 Å². The van der Waals surface area contributed by atoms with E-state index in [1.165, 1.54) is 19.1 Å². The van der Waals surface area contributed by atoms with E-state index in [0.717, 1.165) is 11.8 Å². The predicted octanol–water partition coefficient (Wildman–Crippen LogP) is 1.93. The second-order valence-corrected chi connectivity index (χ2v) is 9.08. The van der Waals surface area contributed by atoms with Gasteiger partial charge < -0.3 is 10.2 Å². The molecule has 0 heterocycles. The number of aliphatic hydroxyl groups is 2. The summed E-state index contributed by atoms with van der Waals surface area (Å²) in [6.45, 7) is 4.62. The molecule has 22 heavy (non-hydrogen) atoms. The third-order valence-electron chi connectivity index (χ3n) is 3.23. The van der Waals surface area contributed by atoms with Crippen LogP contribution in [0.5, 0.6) is 0 Å². The van der Waals surface area contributed by atoms with Crippen molar-refractivity contribution in [1.29, 1.82) is 0 Å². The Balaban J connectivity index is 2.86. The molecule has 0 fully saturated rings. The normalized spacial score (nSPS) is 14.8. The minimum atomic E-state index is -3.43. The predicted molar refractivity (Wildman–Crippen MR) is 87.5 cm³/mol. The summed E-state index contributed by atoms with van der Waals surface area (Å²) in [7, 11) is -3.43. The van der Waals surface area contributed by atoms with Crippen LogP contribution in [-0.4, -0.2) is 40.9 Å². The molecule has 2 N–H and O–H groups in total. The number of benzene rings is 1. The fourth-order valence-corrected chi connectivity index (χ4v) is 3.61. The summed E-state index contributed by atoms with van der Waals surface area (Å²) in [5.74, 6) is 0.400. The van der Waals surface area contributed by atoms with Gasteiger partial charge in [-0.05, 0) is 38.0 Å². The standard InChI is InChI=1S/C15H22O5S2/c1-10(2)22(19,20)13-6-4-5-12(9-13)15(18)14(17)7-8-21-11(3)16/h4-6,9-10,14-15,17-18H,7-8H2,1-3H3. The van der Waals surface area contributed by atoms with Gasteiger partial charge in [0.2, 0.25) is 0 Å². The molecule has 5 nitrogen and oxygen atoms in total. The van der Waals surface area contributed by atoms with Crippen molar-refractivity contribution in [3.63, 3.8) is 0 Å². The molecule has 0 saturated heterocycles. The number of hydrogen-bond acceptors (Lipinski definition) is 6. The van der Waals surface area contributed by atoms with E-state index in [1.807, 2.05) is 0 Å². The van der Waals surface area contributed by atoms with Crippen LogP contribution in [0, 0.1) is 0 Å². The molecule has 0 aliphatic rings. The summed E-state index contributed by atoms with van der Waals surface area (Å²) in [4.78, 5) is 11.0. The second kappa shape index (κ2) is 8.10. The van der Waals surface area contributed by atoms with Gasteiger partial charge in [-0.25, -0.2) is 8.42 Å². The van der Waals surface area contributed by atoms with Gasteiger partial charge in [-0.3, -0.25) is 4.79 Å². The Hall–Kier alpha value is -0.890. The van der Waals surface area contributed by atoms with E-state index in [-0.39, 0.29) is 16.4 Å². The van der Waals surface area contributed by atoms with E-state index in [4.69, 9.17) is 0 Å². The monoisotopic (exact) mass is 346 g/mol. The number of carbonyl (C=O) groups excluding carboxylic acids is 1. The highest BCUT2D eigenvalue weighted by molar-refractivity contribution is 8.13. The van der Waals surface area contributed by atoms with Crippen molar-refractivity contribution in [1.82, 2.24) is 0 Å². The van der Waals surface area contributed by atoms with Crippen molar-refractivity contribution in [2.45, 2.75) is 49.5 Å². The minimum absolute atomic E-state index is 0.0493. The SMILES string of the molecule is CC(=O)SCCC(O)C(O)c1cccc(S(=O)(=O)C(C)C)c1. The van der Waals surface area contributed by atoms with Gasteiger partial charge >= 0.3 is 0 Å². The van der Waals surface area contributed by atoms with E-state index in [9.17, 15) is 23.4 Å². The smallest absolute Gasteiger partial charge is 0.185 e. The quantitative estimate of drug-likeness (QED) is 0.784. The van der Waals surface area contributed by atoms with Gasteiger partial charge in [-0.2, -0.15) is 0 Å². The molecule has 0 saturated carbocycles. The van der Waals surface area contributed by atoms with Crippen molar-refractivity contribution in [3.05, 3.63) is 29.8 Å². The highest BCUT2D eigenvalue weighted by Crippen LogP contribution is 2.24. The fourth-order valence-electron chi connectivity index (χ4n) is 1.85. The molecule has 2 unspecified atom stereocenters. The lowest BCUT2D eigenvalue weighted by Crippen LogP contribution is -2.20. The molecule has 7 heteroatoms. The first-order valence-electron chi connectivity index (χ1n) is 6.99. The molecule has 0 aromatic heterocycles. The maximum atomic E-state index is 12.1. The zero-order valence-corrected chi connectivity index (χ0v) is 14.5. The van der Waals surface area contributed by atoms with Gasteiger partial charge in [-0.1, -0.05) is 23.9 Å². The van der Waals surface area contributed by atoms with Gasteiger partial charge in [0.05, 0.1) is 16.2 Å². The fraction of sp³-hybridized carbons (Fsp3) is 0.533. The number of aliphatic hydroxyl groups excluding tert-OH is 2. The lowest BCUT2D eigenvalue weighted by molar-refractivity contribution is -0.109. The first-order chi connectivity index (χ1) is 10.2. The van der Waals surface area contributed by atoms with Gasteiger partial charge in [0.25, 0.3) is 0 Å². The van der Waals surface area contributed by atoms with Crippen LogP contribution in [0.1, 0.15) is 38.9 Å². The summed E-state index contributed by atoms with van der Waals surface area (Å²) < 4.78 is 24.3. The van der Waals surface area contributed by atoms with Crippen LogP contribution in [0.3, 0.4) is 0 Å². The number of rotatable bonds is 7. The Morgan fingerprint density at radius 3 is 2.45 bits per heavy atom. The van der Waals surface area contributed by atoms with Crippen LogP contribution in [-0.2, 0) is 14.6 Å². The Bertz CT molecular complexity index is 610. The minimum Gasteiger partial charge on any atom is -0.390 e. The van der Waals surface area contributed by atoms with Crippen LogP contribution < -0.4 is 0 Å². The van der Waals surface area contributed by atoms with Gasteiger partial charge in [0, 0.05) is 12.7 Å². The second-order valence-electron chi connectivity index (χ2n) is 5.31. The van der Waals surface area contributed by atoms with E-state index in [1.54, 1.807) is 26.0 Å². The summed E-state index contributed by atoms with van der Waals surface area (Å²) in [5, 5.41) is 19.5. The Kier molecular flexibility index (Phi) is 7.05. The van der Waals surface area contributed by atoms with E-state index >= 15 is 0 Å². The zero-order chi connectivity index (χ0) is 16.9. The molecular weight excluding hydrogens is 324 g/mol. The molecule has 0 aliphatic carbocycles. The van der Waals surface area contributed by atoms with Crippen molar-refractivity contribution in [2.75, 3.05) is 5.75 Å². The Labute approximate surface area is 135 Å². The molecule has 0 spiro atoms. The highest BCUT2D eigenvalue weighted by atomic mass is 32.2. The Morgan fingerprint density at radius 2 is 1.91 bits per heavy atom. The van der Waals surface area contributed by atoms with Crippen LogP contribution in [0.2, 0.25) is 0 Å². The molecular formula is C15H22O5S2. The van der Waals surface area contributed by atoms with Gasteiger partial charge in [0.15, 0.2) is 15.0 Å². The van der Waals surface area contributed by atoms with Crippen molar-refractivity contribution in [3.8, 4) is 0 Å². The maximum Gasteiger partial charge on any atom is 0.185 e. The van der Waals surface area contributed by atoms with E-state index in [2.05, 4.69) is 0 Å². The molecule has 2 atom stereocenters. The molecule has 0 amide bonds. The molecule has 0 radical (unpaired) electrons. The molecule has 0 bridgehead atoms. The topological polar surface area (TPSA) is 91.7 Å². The van der Waals surface area contributed by atoms with E-state index < -0.39 is 27.3 Å². The molecule has 124 valence electrons. The molecule has 1 aromatic rings. The first kappa shape index (κ1) is 19.2. The van der Waals surface area contributed by atoms with Crippen molar-refractivity contribution in [2.24, 2.45) is 0 Å². The number of carbonyl (C=O) groups is 1. The maximum absolute atomic E-state index is 12.1. The number of thioether (sulfide) groups is 1. The average molecular weight is 346 g/mol. The lowest BCUT2D eigenvalue weighted by atomic mass is 10.0. The largest absolute Gasteiger partial charge is 0.390 e. The number of sulfone groups is 1. The van der Waals surface area contributed by atoms with Crippen molar-refractivity contribution < 1.29 is 23.4 Å². The highest BCUT2D eigenvalue weighted by Gasteiger charge is 2.23. The summed E-state index contributed by atoms with van der Waals surface area (Å²) in [6, 6.07) is 5.99. The summed E-state index contributed by atoms with van der Waals surface area (Å²) >= 11 is 1.08. The third kappa shape index (κ3) is 5.08. The summed E-state index contributed by atoms with van der Waals surface area (Å²) in [6.07, 6.45) is -1.99. The molecule has 1 rings (SSSR count). The average Bonchev–Trinajstić information content (AvgIpc) is 2.45. The lowest BCUT2D eigenvalue weighted by Gasteiger charge is -2.19. The van der Waals surface area contributed by atoms with Gasteiger partial charge in [-0.15, -0.1) is 0 Å². The van der Waals surface area contributed by atoms with Crippen LogP contribution in [0.15, 0.2) is 29.2 Å². The third-order valence-corrected chi connectivity index (χ3v) is 6.23. The van der Waals surface area contributed by atoms with E-state index in [0.29, 0.717) is 11.3 Å². The van der Waals surface area contributed by atoms with Gasteiger partial charge in [0.1, 0.15) is 6.10 Å². The zero-order valence-electron chi connectivity index (χ0n) is 12.9. The van der Waals surface area contributed by atoms with Crippen LogP contribution >= 0.6 is 11.8 Å². The first-order valence-corrected chi connectivity index (χ1v) is 9.52.